The predicted octanol–water partition coefficient (Wildman–Crippen LogP) is 0.825. The molecule has 2 heterocycles. The number of aromatic nitrogens is 3. The van der Waals surface area contributed by atoms with E-state index in [4.69, 9.17) is 5.11 Å². The van der Waals surface area contributed by atoms with Crippen molar-refractivity contribution in [1.82, 2.24) is 14.8 Å². The topological polar surface area (TPSA) is 80.0 Å². The number of hydrogen-bond acceptors (Lipinski definition) is 5. The molecule has 0 fully saturated rings. The first kappa shape index (κ1) is 9.66. The molecule has 0 aliphatic heterocycles. The molecule has 0 aliphatic carbocycles. The molecular formula is C8H8N4O2S. The maximum absolute atomic E-state index is 10.3. The lowest BCUT2D eigenvalue weighted by Crippen LogP contribution is -2.11. The minimum atomic E-state index is -0.923. The van der Waals surface area contributed by atoms with E-state index in [1.165, 1.54) is 11.3 Å². The number of carbonyl (C=O) groups is 1. The Morgan fingerprint density at radius 1 is 1.47 bits per heavy atom. The number of anilines is 1. The zero-order chi connectivity index (χ0) is 10.7. The van der Waals surface area contributed by atoms with Crippen LogP contribution in [0.4, 0.5) is 5.13 Å². The van der Waals surface area contributed by atoms with Gasteiger partial charge in [0.25, 0.3) is 0 Å². The summed E-state index contributed by atoms with van der Waals surface area (Å²) in [4.78, 5) is 10.3. The molecule has 0 bridgehead atoms. The Hall–Kier alpha value is -1.89. The predicted molar refractivity (Wildman–Crippen MR) is 55.4 cm³/mol. The fraction of sp³-hybridized carbons (Fsp3) is 0.125. The summed E-state index contributed by atoms with van der Waals surface area (Å²) in [5, 5.41) is 20.0. The molecule has 0 saturated heterocycles. The van der Waals surface area contributed by atoms with Gasteiger partial charge in [0.2, 0.25) is 10.3 Å². The minimum Gasteiger partial charge on any atom is -0.480 e. The number of aliphatic carboxylic acids is 1. The van der Waals surface area contributed by atoms with Crippen molar-refractivity contribution in [3.8, 4) is 5.13 Å². The molecular weight excluding hydrogens is 216 g/mol. The second-order valence-electron chi connectivity index (χ2n) is 2.73. The van der Waals surface area contributed by atoms with Crippen molar-refractivity contribution in [3.63, 3.8) is 0 Å². The zero-order valence-electron chi connectivity index (χ0n) is 7.62. The summed E-state index contributed by atoms with van der Waals surface area (Å²) in [7, 11) is 0. The summed E-state index contributed by atoms with van der Waals surface area (Å²) in [6, 6.07) is 3.76. The Bertz CT molecular complexity index is 451. The maximum Gasteiger partial charge on any atom is 0.322 e. The highest BCUT2D eigenvalue weighted by Gasteiger charge is 2.05. The van der Waals surface area contributed by atoms with Crippen LogP contribution in [0.3, 0.4) is 0 Å². The van der Waals surface area contributed by atoms with E-state index in [-0.39, 0.29) is 6.54 Å². The fourth-order valence-electron chi connectivity index (χ4n) is 1.00. The van der Waals surface area contributed by atoms with Gasteiger partial charge < -0.3 is 10.4 Å². The first-order valence-electron chi connectivity index (χ1n) is 4.18. The van der Waals surface area contributed by atoms with Gasteiger partial charge in [0.05, 0.1) is 0 Å². The van der Waals surface area contributed by atoms with Gasteiger partial charge in [0.1, 0.15) is 6.54 Å². The zero-order valence-corrected chi connectivity index (χ0v) is 8.44. The Morgan fingerprint density at radius 2 is 2.20 bits per heavy atom. The van der Waals surface area contributed by atoms with Crippen molar-refractivity contribution >= 4 is 22.4 Å². The number of nitrogens with zero attached hydrogens (tertiary/aromatic N) is 3. The van der Waals surface area contributed by atoms with Crippen LogP contribution < -0.4 is 5.32 Å². The summed E-state index contributed by atoms with van der Waals surface area (Å²) < 4.78 is 1.81. The van der Waals surface area contributed by atoms with E-state index in [1.54, 1.807) is 0 Å². The van der Waals surface area contributed by atoms with Gasteiger partial charge in [-0.2, -0.15) is 0 Å². The molecule has 2 N–H and O–H groups in total. The number of rotatable bonds is 4. The van der Waals surface area contributed by atoms with Gasteiger partial charge in [0, 0.05) is 12.4 Å². The Labute approximate surface area is 89.2 Å². The highest BCUT2D eigenvalue weighted by Crippen LogP contribution is 2.18. The summed E-state index contributed by atoms with van der Waals surface area (Å²) in [5.41, 5.74) is 0. The molecule has 0 unspecified atom stereocenters. The fourth-order valence-corrected chi connectivity index (χ4v) is 1.71. The van der Waals surface area contributed by atoms with Crippen LogP contribution >= 0.6 is 11.3 Å². The molecule has 7 heteroatoms. The lowest BCUT2D eigenvalue weighted by atomic mass is 10.7. The molecule has 2 aromatic rings. The lowest BCUT2D eigenvalue weighted by Gasteiger charge is -1.94. The first-order valence-corrected chi connectivity index (χ1v) is 5.00. The molecule has 0 aliphatic rings. The molecule has 15 heavy (non-hydrogen) atoms. The van der Waals surface area contributed by atoms with E-state index in [9.17, 15) is 4.79 Å². The maximum atomic E-state index is 10.3. The standard InChI is InChI=1S/C8H8N4O2S/c13-6(14)5-9-7-10-11-8(15-7)12-3-1-2-4-12/h1-4H,5H2,(H,9,10)(H,13,14). The van der Waals surface area contributed by atoms with E-state index in [0.29, 0.717) is 10.3 Å². The minimum absolute atomic E-state index is 0.152. The van der Waals surface area contributed by atoms with Gasteiger partial charge >= 0.3 is 5.97 Å². The highest BCUT2D eigenvalue weighted by molar-refractivity contribution is 7.17. The molecule has 0 amide bonds. The van der Waals surface area contributed by atoms with Crippen LogP contribution in [0.25, 0.3) is 5.13 Å². The van der Waals surface area contributed by atoms with Crippen molar-refractivity contribution in [3.05, 3.63) is 24.5 Å². The van der Waals surface area contributed by atoms with Crippen molar-refractivity contribution in [2.75, 3.05) is 11.9 Å². The van der Waals surface area contributed by atoms with Crippen LogP contribution in [0.2, 0.25) is 0 Å². The largest absolute Gasteiger partial charge is 0.480 e. The molecule has 6 nitrogen and oxygen atoms in total. The quantitative estimate of drug-likeness (QED) is 0.803. The van der Waals surface area contributed by atoms with Crippen LogP contribution in [0, 0.1) is 0 Å². The van der Waals surface area contributed by atoms with E-state index < -0.39 is 5.97 Å². The van der Waals surface area contributed by atoms with Crippen molar-refractivity contribution < 1.29 is 9.90 Å². The number of hydrogen-bond donors (Lipinski definition) is 2. The molecule has 0 radical (unpaired) electrons. The second-order valence-corrected chi connectivity index (χ2v) is 3.68. The average molecular weight is 224 g/mol. The van der Waals surface area contributed by atoms with Gasteiger partial charge in [-0.3, -0.25) is 9.36 Å². The Kier molecular flexibility index (Phi) is 2.64. The van der Waals surface area contributed by atoms with Crippen LogP contribution in [0.5, 0.6) is 0 Å². The summed E-state index contributed by atoms with van der Waals surface area (Å²) >= 11 is 1.30. The molecule has 0 spiro atoms. The van der Waals surface area contributed by atoms with Gasteiger partial charge in [-0.25, -0.2) is 0 Å². The van der Waals surface area contributed by atoms with E-state index >= 15 is 0 Å². The van der Waals surface area contributed by atoms with Gasteiger partial charge in [-0.05, 0) is 12.1 Å². The highest BCUT2D eigenvalue weighted by atomic mass is 32.1. The lowest BCUT2D eigenvalue weighted by molar-refractivity contribution is -0.134. The monoisotopic (exact) mass is 224 g/mol. The van der Waals surface area contributed by atoms with Crippen molar-refractivity contribution in [2.24, 2.45) is 0 Å². The molecule has 78 valence electrons. The van der Waals surface area contributed by atoms with Crippen molar-refractivity contribution in [2.45, 2.75) is 0 Å². The number of carboxylic acid groups (broad SMARTS) is 1. The third-order valence-corrected chi connectivity index (χ3v) is 2.52. The number of nitrogens with one attached hydrogen (secondary N) is 1. The smallest absolute Gasteiger partial charge is 0.322 e. The third-order valence-electron chi connectivity index (χ3n) is 1.63. The second kappa shape index (κ2) is 4.09. The molecule has 2 rings (SSSR count). The molecule has 2 aromatic heterocycles. The molecule has 0 atom stereocenters. The first-order chi connectivity index (χ1) is 7.25. The van der Waals surface area contributed by atoms with Crippen LogP contribution in [-0.4, -0.2) is 32.4 Å². The van der Waals surface area contributed by atoms with E-state index in [0.717, 1.165) is 0 Å². The van der Waals surface area contributed by atoms with Gasteiger partial charge in [-0.1, -0.05) is 11.3 Å². The van der Waals surface area contributed by atoms with Crippen LogP contribution in [0.15, 0.2) is 24.5 Å². The van der Waals surface area contributed by atoms with E-state index in [2.05, 4.69) is 15.5 Å². The van der Waals surface area contributed by atoms with Gasteiger partial charge in [0.15, 0.2) is 0 Å². The normalized spacial score (nSPS) is 10.1. The Morgan fingerprint density at radius 3 is 2.87 bits per heavy atom. The Balaban J connectivity index is 2.08. The molecule has 0 aromatic carbocycles. The van der Waals surface area contributed by atoms with Crippen molar-refractivity contribution in [1.29, 1.82) is 0 Å². The van der Waals surface area contributed by atoms with E-state index in [1.807, 2.05) is 29.1 Å². The molecule has 0 saturated carbocycles. The SMILES string of the molecule is O=C(O)CNc1nnc(-n2cccc2)s1. The summed E-state index contributed by atoms with van der Waals surface area (Å²) in [5.74, 6) is -0.923. The third kappa shape index (κ3) is 2.32. The van der Waals surface area contributed by atoms with Crippen LogP contribution in [0.1, 0.15) is 0 Å². The average Bonchev–Trinajstić information content (AvgIpc) is 2.85. The van der Waals surface area contributed by atoms with Gasteiger partial charge in [-0.15, -0.1) is 10.2 Å². The summed E-state index contributed by atoms with van der Waals surface area (Å²) in [6.07, 6.45) is 3.70. The number of carboxylic acids is 1. The van der Waals surface area contributed by atoms with Crippen LogP contribution in [-0.2, 0) is 4.79 Å². The summed E-state index contributed by atoms with van der Waals surface area (Å²) in [6.45, 7) is -0.152.